The number of nitrogens with zero attached hydrogens (tertiary/aromatic N) is 1. The minimum absolute atomic E-state index is 0.154. The second-order valence-corrected chi connectivity index (χ2v) is 9.69. The highest BCUT2D eigenvalue weighted by molar-refractivity contribution is 5.94. The van der Waals surface area contributed by atoms with Crippen LogP contribution in [-0.2, 0) is 30.5 Å². The second-order valence-electron chi connectivity index (χ2n) is 9.69. The fourth-order valence-corrected chi connectivity index (χ4v) is 4.14. The van der Waals surface area contributed by atoms with Crippen LogP contribution >= 0.6 is 0 Å². The van der Waals surface area contributed by atoms with E-state index in [1.54, 1.807) is 0 Å². The highest BCUT2D eigenvalue weighted by atomic mass is 16.5. The monoisotopic (exact) mass is 488 g/mol. The van der Waals surface area contributed by atoms with Crippen LogP contribution in [0.1, 0.15) is 53.0 Å². The summed E-state index contributed by atoms with van der Waals surface area (Å²) in [5.74, 6) is -1.36. The molecule has 1 saturated heterocycles. The van der Waals surface area contributed by atoms with E-state index in [2.05, 4.69) is 16.0 Å². The second kappa shape index (κ2) is 13.8. The Morgan fingerprint density at radius 2 is 1.74 bits per heavy atom. The van der Waals surface area contributed by atoms with Crippen molar-refractivity contribution in [3.05, 3.63) is 35.9 Å². The number of rotatable bonds is 13. The summed E-state index contributed by atoms with van der Waals surface area (Å²) in [7, 11) is 0. The van der Waals surface area contributed by atoms with Gasteiger partial charge in [0, 0.05) is 19.5 Å². The van der Waals surface area contributed by atoms with Gasteiger partial charge in [0.2, 0.25) is 24.1 Å². The van der Waals surface area contributed by atoms with Crippen LogP contribution in [0.3, 0.4) is 0 Å². The highest BCUT2D eigenvalue weighted by Crippen LogP contribution is 2.24. The Balaban J connectivity index is 2.19. The van der Waals surface area contributed by atoms with E-state index in [4.69, 9.17) is 4.74 Å². The van der Waals surface area contributed by atoms with Crippen molar-refractivity contribution in [3.63, 3.8) is 0 Å². The maximum Gasteiger partial charge on any atom is 0.246 e. The number of benzene rings is 1. The summed E-state index contributed by atoms with van der Waals surface area (Å²) in [4.78, 5) is 52.0. The molecular weight excluding hydrogens is 448 g/mol. The van der Waals surface area contributed by atoms with Gasteiger partial charge in [-0.25, -0.2) is 0 Å². The Kier molecular flexibility index (Phi) is 11.2. The number of likely N-dealkylation sites (tertiary alicyclic amines) is 1. The number of hydrogen-bond acceptors (Lipinski definition) is 5. The van der Waals surface area contributed by atoms with Crippen molar-refractivity contribution >= 4 is 24.1 Å². The standard InChI is InChI=1S/C26H40N4O5/c1-6-12-27-24(32)21-13-20(35-15-19-10-8-7-9-11-19)14-30(21)26(34)23(18(4)5)29-25(33)22(17(2)3)28-16-31/h7-11,16-18,20-23H,6,12-15H2,1-5H3,(H,27,32)(H,28,31)(H,29,33). The third-order valence-electron chi connectivity index (χ3n) is 6.15. The zero-order valence-corrected chi connectivity index (χ0v) is 21.5. The van der Waals surface area contributed by atoms with E-state index in [-0.39, 0.29) is 36.3 Å². The number of ether oxygens (including phenoxy) is 1. The predicted octanol–water partition coefficient (Wildman–Crippen LogP) is 1.61. The molecule has 0 bridgehead atoms. The molecule has 0 radical (unpaired) electrons. The van der Waals surface area contributed by atoms with Gasteiger partial charge in [-0.1, -0.05) is 65.0 Å². The number of carbonyl (C=O) groups excluding carboxylic acids is 4. The molecular formula is C26H40N4O5. The molecule has 35 heavy (non-hydrogen) atoms. The summed E-state index contributed by atoms with van der Waals surface area (Å²) < 4.78 is 6.07. The first-order valence-electron chi connectivity index (χ1n) is 12.4. The zero-order valence-electron chi connectivity index (χ0n) is 21.5. The van der Waals surface area contributed by atoms with Crippen LogP contribution in [0.4, 0.5) is 0 Å². The maximum atomic E-state index is 13.7. The molecule has 0 aliphatic carbocycles. The minimum atomic E-state index is -0.841. The van der Waals surface area contributed by atoms with Crippen molar-refractivity contribution < 1.29 is 23.9 Å². The number of hydrogen-bond donors (Lipinski definition) is 3. The maximum absolute atomic E-state index is 13.7. The molecule has 194 valence electrons. The van der Waals surface area contributed by atoms with Crippen LogP contribution in [-0.4, -0.2) is 66.4 Å². The van der Waals surface area contributed by atoms with Crippen molar-refractivity contribution in [1.82, 2.24) is 20.9 Å². The summed E-state index contributed by atoms with van der Waals surface area (Å²) in [6.07, 6.45) is 1.35. The normalized spacial score (nSPS) is 19.3. The SMILES string of the molecule is CCCNC(=O)C1CC(OCc2ccccc2)CN1C(=O)C(NC(=O)C(NC=O)C(C)C)C(C)C. The summed E-state index contributed by atoms with van der Waals surface area (Å²) in [6.45, 7) is 10.4. The Bertz CT molecular complexity index is 845. The van der Waals surface area contributed by atoms with E-state index in [1.165, 1.54) is 4.90 Å². The van der Waals surface area contributed by atoms with Crippen molar-refractivity contribution in [2.45, 2.75) is 78.3 Å². The van der Waals surface area contributed by atoms with Crippen LogP contribution in [0, 0.1) is 11.8 Å². The largest absolute Gasteiger partial charge is 0.372 e. The molecule has 4 unspecified atom stereocenters. The fourth-order valence-electron chi connectivity index (χ4n) is 4.14. The topological polar surface area (TPSA) is 117 Å². The number of nitrogens with one attached hydrogen (secondary N) is 3. The Hall–Kier alpha value is -2.94. The summed E-state index contributed by atoms with van der Waals surface area (Å²) in [5, 5.41) is 8.22. The lowest BCUT2D eigenvalue weighted by molar-refractivity contribution is -0.143. The lowest BCUT2D eigenvalue weighted by Gasteiger charge is -2.31. The first-order valence-corrected chi connectivity index (χ1v) is 12.4. The van der Waals surface area contributed by atoms with Crippen molar-refractivity contribution in [2.75, 3.05) is 13.1 Å². The number of carbonyl (C=O) groups is 4. The van der Waals surface area contributed by atoms with Crippen molar-refractivity contribution in [1.29, 1.82) is 0 Å². The average molecular weight is 489 g/mol. The van der Waals surface area contributed by atoms with Gasteiger partial charge in [0.05, 0.1) is 12.7 Å². The summed E-state index contributed by atoms with van der Waals surface area (Å²) >= 11 is 0. The Morgan fingerprint density at radius 1 is 1.09 bits per heavy atom. The smallest absolute Gasteiger partial charge is 0.246 e. The third kappa shape index (κ3) is 8.06. The van der Waals surface area contributed by atoms with Gasteiger partial charge in [-0.2, -0.15) is 0 Å². The van der Waals surface area contributed by atoms with Crippen LogP contribution in [0.2, 0.25) is 0 Å². The van der Waals surface area contributed by atoms with Crippen molar-refractivity contribution in [2.24, 2.45) is 11.8 Å². The Labute approximate surface area is 208 Å². The molecule has 1 aromatic rings. The van der Waals surface area contributed by atoms with Gasteiger partial charge in [-0.05, 0) is 23.8 Å². The molecule has 1 heterocycles. The van der Waals surface area contributed by atoms with Gasteiger partial charge in [0.25, 0.3) is 0 Å². The van der Waals surface area contributed by atoms with E-state index < -0.39 is 24.0 Å². The molecule has 0 spiro atoms. The van der Waals surface area contributed by atoms with Crippen LogP contribution < -0.4 is 16.0 Å². The van der Waals surface area contributed by atoms with Crippen molar-refractivity contribution in [3.8, 4) is 0 Å². The molecule has 1 aromatic carbocycles. The predicted molar refractivity (Wildman–Crippen MR) is 133 cm³/mol. The van der Waals surface area contributed by atoms with Gasteiger partial charge in [-0.3, -0.25) is 19.2 Å². The highest BCUT2D eigenvalue weighted by Gasteiger charge is 2.43. The first kappa shape index (κ1) is 28.3. The van der Waals surface area contributed by atoms with Crippen LogP contribution in [0.15, 0.2) is 30.3 Å². The fraction of sp³-hybridized carbons (Fsp3) is 0.615. The quantitative estimate of drug-likeness (QED) is 0.365. The molecule has 1 aliphatic heterocycles. The Morgan fingerprint density at radius 3 is 2.31 bits per heavy atom. The minimum Gasteiger partial charge on any atom is -0.372 e. The molecule has 4 atom stereocenters. The van der Waals surface area contributed by atoms with Gasteiger partial charge >= 0.3 is 0 Å². The van der Waals surface area contributed by atoms with Gasteiger partial charge in [-0.15, -0.1) is 0 Å². The summed E-state index contributed by atoms with van der Waals surface area (Å²) in [5.41, 5.74) is 1.01. The van der Waals surface area contributed by atoms with Gasteiger partial charge in [0.15, 0.2) is 0 Å². The summed E-state index contributed by atoms with van der Waals surface area (Å²) in [6, 6.07) is 7.45. The third-order valence-corrected chi connectivity index (χ3v) is 6.15. The molecule has 2 rings (SSSR count). The molecule has 1 fully saturated rings. The van der Waals surface area contributed by atoms with E-state index in [0.29, 0.717) is 26.0 Å². The van der Waals surface area contributed by atoms with Crippen LogP contribution in [0.5, 0.6) is 0 Å². The van der Waals surface area contributed by atoms with Gasteiger partial charge < -0.3 is 25.6 Å². The van der Waals surface area contributed by atoms with E-state index >= 15 is 0 Å². The molecule has 9 heteroatoms. The van der Waals surface area contributed by atoms with Crippen LogP contribution in [0.25, 0.3) is 0 Å². The van der Waals surface area contributed by atoms with E-state index in [0.717, 1.165) is 12.0 Å². The number of amides is 4. The molecule has 4 amide bonds. The molecule has 0 saturated carbocycles. The lowest BCUT2D eigenvalue weighted by Crippen LogP contribution is -2.58. The molecule has 9 nitrogen and oxygen atoms in total. The lowest BCUT2D eigenvalue weighted by atomic mass is 9.99. The van der Waals surface area contributed by atoms with E-state index in [1.807, 2.05) is 65.0 Å². The average Bonchev–Trinajstić information content (AvgIpc) is 3.27. The zero-order chi connectivity index (χ0) is 26.0. The molecule has 1 aliphatic rings. The molecule has 0 aromatic heterocycles. The first-order chi connectivity index (χ1) is 16.7. The van der Waals surface area contributed by atoms with E-state index in [9.17, 15) is 19.2 Å². The molecule has 3 N–H and O–H groups in total. The van der Waals surface area contributed by atoms with Gasteiger partial charge in [0.1, 0.15) is 18.1 Å².